The van der Waals surface area contributed by atoms with Crippen LogP contribution in [-0.2, 0) is 14.3 Å². The maximum atomic E-state index is 13.4. The summed E-state index contributed by atoms with van der Waals surface area (Å²) in [4.78, 5) is 45.2. The van der Waals surface area contributed by atoms with E-state index in [4.69, 9.17) is 9.47 Å². The molecule has 0 radical (unpaired) electrons. The number of aromatic nitrogens is 1. The van der Waals surface area contributed by atoms with Gasteiger partial charge in [-0.05, 0) is 57.0 Å². The molecule has 3 aromatic rings. The Morgan fingerprint density at radius 2 is 1.87 bits per heavy atom. The van der Waals surface area contributed by atoms with Crippen molar-refractivity contribution in [2.75, 3.05) is 18.1 Å². The predicted molar refractivity (Wildman–Crippen MR) is 146 cm³/mol. The first-order chi connectivity index (χ1) is 18.2. The van der Waals surface area contributed by atoms with Gasteiger partial charge in [-0.25, -0.2) is 9.78 Å². The van der Waals surface area contributed by atoms with Gasteiger partial charge in [0.25, 0.3) is 5.78 Å². The number of amides is 1. The molecule has 9 heteroatoms. The Balaban J connectivity index is 1.88. The van der Waals surface area contributed by atoms with Crippen LogP contribution in [0.5, 0.6) is 5.75 Å². The highest BCUT2D eigenvalue weighted by atomic mass is 32.1. The standard InChI is InChI=1S/C29H28N2O6S/c1-6-14-37-20-12-13-21(17(4)15-20)24(32)22-23(19-10-8-16(3)9-11-19)31(27(34)25(22)33)29-30-18(5)26(38-29)28(35)36-7-2/h6,8-13,15,23,32H,1,7,14H2,2-5H3/b24-22-. The van der Waals surface area contributed by atoms with E-state index in [1.165, 1.54) is 4.90 Å². The van der Waals surface area contributed by atoms with Gasteiger partial charge in [0.2, 0.25) is 0 Å². The predicted octanol–water partition coefficient (Wildman–Crippen LogP) is 5.44. The molecule has 1 amide bonds. The summed E-state index contributed by atoms with van der Waals surface area (Å²) in [6.45, 7) is 11.2. The number of carbonyl (C=O) groups is 3. The van der Waals surface area contributed by atoms with Gasteiger partial charge in [0, 0.05) is 5.56 Å². The summed E-state index contributed by atoms with van der Waals surface area (Å²) >= 11 is 0.973. The highest BCUT2D eigenvalue weighted by molar-refractivity contribution is 7.17. The first kappa shape index (κ1) is 26.8. The van der Waals surface area contributed by atoms with E-state index in [0.29, 0.717) is 34.7 Å². The van der Waals surface area contributed by atoms with Crippen molar-refractivity contribution in [3.8, 4) is 5.75 Å². The Labute approximate surface area is 224 Å². The van der Waals surface area contributed by atoms with Crippen LogP contribution in [0.25, 0.3) is 5.76 Å². The van der Waals surface area contributed by atoms with Crippen molar-refractivity contribution >= 4 is 39.9 Å². The van der Waals surface area contributed by atoms with Gasteiger partial charge in [-0.2, -0.15) is 0 Å². The maximum absolute atomic E-state index is 13.4. The number of aliphatic hydroxyl groups excluding tert-OH is 1. The molecule has 38 heavy (non-hydrogen) atoms. The van der Waals surface area contributed by atoms with Crippen LogP contribution in [0.4, 0.5) is 5.13 Å². The molecule has 1 atom stereocenters. The third-order valence-electron chi connectivity index (χ3n) is 6.11. The first-order valence-corrected chi connectivity index (χ1v) is 12.9. The minimum atomic E-state index is -0.952. The zero-order valence-electron chi connectivity index (χ0n) is 21.6. The summed E-state index contributed by atoms with van der Waals surface area (Å²) in [5.41, 5.74) is 2.99. The Morgan fingerprint density at radius 1 is 1.16 bits per heavy atom. The largest absolute Gasteiger partial charge is 0.507 e. The van der Waals surface area contributed by atoms with Gasteiger partial charge in [-0.15, -0.1) is 0 Å². The van der Waals surface area contributed by atoms with Crippen LogP contribution >= 0.6 is 11.3 Å². The zero-order valence-corrected chi connectivity index (χ0v) is 22.4. The topological polar surface area (TPSA) is 106 Å². The average Bonchev–Trinajstić information content (AvgIpc) is 3.39. The summed E-state index contributed by atoms with van der Waals surface area (Å²) in [6.07, 6.45) is 1.62. The fraction of sp³-hybridized carbons (Fsp3) is 0.241. The maximum Gasteiger partial charge on any atom is 0.350 e. The third kappa shape index (κ3) is 4.97. The Bertz CT molecular complexity index is 1450. The molecule has 0 aliphatic carbocycles. The van der Waals surface area contributed by atoms with Crippen LogP contribution in [0, 0.1) is 20.8 Å². The minimum absolute atomic E-state index is 0.0627. The van der Waals surface area contributed by atoms with E-state index in [9.17, 15) is 19.5 Å². The van der Waals surface area contributed by atoms with E-state index in [1.807, 2.05) is 19.1 Å². The quantitative estimate of drug-likeness (QED) is 0.135. The lowest BCUT2D eigenvalue weighted by Crippen LogP contribution is -2.29. The molecular weight excluding hydrogens is 504 g/mol. The Morgan fingerprint density at radius 3 is 2.50 bits per heavy atom. The average molecular weight is 533 g/mol. The number of benzene rings is 2. The van der Waals surface area contributed by atoms with E-state index in [1.54, 1.807) is 57.2 Å². The number of thiazole rings is 1. The van der Waals surface area contributed by atoms with Crippen LogP contribution in [-0.4, -0.2) is 41.0 Å². The fourth-order valence-electron chi connectivity index (χ4n) is 4.26. The van der Waals surface area contributed by atoms with Crippen molar-refractivity contribution in [3.63, 3.8) is 0 Å². The summed E-state index contributed by atoms with van der Waals surface area (Å²) in [5, 5.41) is 11.6. The van der Waals surface area contributed by atoms with E-state index < -0.39 is 23.7 Å². The number of hydrogen-bond donors (Lipinski definition) is 1. The van der Waals surface area contributed by atoms with Crippen molar-refractivity contribution in [1.82, 2.24) is 4.98 Å². The smallest absolute Gasteiger partial charge is 0.350 e. The van der Waals surface area contributed by atoms with E-state index in [-0.39, 0.29) is 27.9 Å². The lowest BCUT2D eigenvalue weighted by atomic mass is 9.93. The molecule has 2 heterocycles. The third-order valence-corrected chi connectivity index (χ3v) is 7.25. The van der Waals surface area contributed by atoms with Crippen LogP contribution in [0.15, 0.2) is 60.7 Å². The van der Waals surface area contributed by atoms with Crippen molar-refractivity contribution in [2.45, 2.75) is 33.7 Å². The first-order valence-electron chi connectivity index (χ1n) is 12.0. The fourth-order valence-corrected chi connectivity index (χ4v) is 5.24. The molecular formula is C29H28N2O6S. The molecule has 1 aromatic heterocycles. The normalized spacial score (nSPS) is 16.5. The number of hydrogen-bond acceptors (Lipinski definition) is 8. The molecule has 1 aliphatic rings. The second-order valence-corrected chi connectivity index (χ2v) is 9.77. The Kier molecular flexibility index (Phi) is 7.78. The lowest BCUT2D eigenvalue weighted by Gasteiger charge is -2.23. The number of esters is 1. The number of aryl methyl sites for hydroxylation is 3. The molecule has 1 saturated heterocycles. The van der Waals surface area contributed by atoms with Gasteiger partial charge >= 0.3 is 11.9 Å². The molecule has 0 spiro atoms. The molecule has 0 bridgehead atoms. The molecule has 4 rings (SSSR count). The number of carbonyl (C=O) groups excluding carboxylic acids is 3. The molecule has 0 saturated carbocycles. The zero-order chi connectivity index (χ0) is 27.6. The van der Waals surface area contributed by atoms with E-state index >= 15 is 0 Å². The number of rotatable bonds is 8. The molecule has 1 aliphatic heterocycles. The highest BCUT2D eigenvalue weighted by Crippen LogP contribution is 2.44. The van der Waals surface area contributed by atoms with Gasteiger partial charge in [0.05, 0.1) is 23.9 Å². The van der Waals surface area contributed by atoms with Gasteiger partial charge < -0.3 is 14.6 Å². The van der Waals surface area contributed by atoms with Gasteiger partial charge in [-0.1, -0.05) is 53.8 Å². The van der Waals surface area contributed by atoms with Crippen LogP contribution < -0.4 is 9.64 Å². The number of anilines is 1. The number of nitrogens with zero attached hydrogens (tertiary/aromatic N) is 2. The van der Waals surface area contributed by atoms with Gasteiger partial charge in [0.15, 0.2) is 5.13 Å². The summed E-state index contributed by atoms with van der Waals surface area (Å²) in [6, 6.07) is 11.5. The molecule has 8 nitrogen and oxygen atoms in total. The Hall–Kier alpha value is -4.24. The van der Waals surface area contributed by atoms with Crippen LogP contribution in [0.1, 0.15) is 50.6 Å². The molecule has 2 aromatic carbocycles. The number of aliphatic hydroxyl groups is 1. The highest BCUT2D eigenvalue weighted by Gasteiger charge is 2.48. The number of ketones is 1. The molecule has 1 N–H and O–H groups in total. The van der Waals surface area contributed by atoms with Gasteiger partial charge in [-0.3, -0.25) is 14.5 Å². The van der Waals surface area contributed by atoms with Gasteiger partial charge in [0.1, 0.15) is 23.0 Å². The van der Waals surface area contributed by atoms with Crippen molar-refractivity contribution in [2.24, 2.45) is 0 Å². The van der Waals surface area contributed by atoms with Crippen molar-refractivity contribution in [1.29, 1.82) is 0 Å². The van der Waals surface area contributed by atoms with E-state index in [0.717, 1.165) is 16.9 Å². The second kappa shape index (κ2) is 11.0. The summed E-state index contributed by atoms with van der Waals surface area (Å²) < 4.78 is 10.7. The molecule has 1 unspecified atom stereocenters. The van der Waals surface area contributed by atoms with Crippen LogP contribution in [0.2, 0.25) is 0 Å². The van der Waals surface area contributed by atoms with E-state index in [2.05, 4.69) is 11.6 Å². The second-order valence-electron chi connectivity index (χ2n) is 8.79. The van der Waals surface area contributed by atoms with Crippen LogP contribution in [0.3, 0.4) is 0 Å². The lowest BCUT2D eigenvalue weighted by molar-refractivity contribution is -0.132. The summed E-state index contributed by atoms with van der Waals surface area (Å²) in [5.74, 6) is -1.95. The minimum Gasteiger partial charge on any atom is -0.507 e. The van der Waals surface area contributed by atoms with Crippen molar-refractivity contribution < 1.29 is 29.0 Å². The molecule has 1 fully saturated rings. The SMILES string of the molecule is C=CCOc1ccc(/C(O)=C2/C(=O)C(=O)N(c3nc(C)c(C(=O)OCC)s3)C2c2ccc(C)cc2)c(C)c1. The molecule has 196 valence electrons. The van der Waals surface area contributed by atoms with Crippen molar-refractivity contribution in [3.05, 3.63) is 93.5 Å². The monoisotopic (exact) mass is 532 g/mol. The number of Topliss-reactive ketones (excluding diaryl/α,β-unsaturated/α-hetero) is 1. The summed E-state index contributed by atoms with van der Waals surface area (Å²) in [7, 11) is 0. The number of ether oxygens (including phenoxy) is 2.